The van der Waals surface area contributed by atoms with Gasteiger partial charge in [-0.05, 0) is 42.0 Å². The molecular formula is C24H23N5O3S. The summed E-state index contributed by atoms with van der Waals surface area (Å²) in [5.41, 5.74) is 1.54. The Labute approximate surface area is 196 Å². The van der Waals surface area contributed by atoms with E-state index in [0.717, 1.165) is 21.1 Å². The SMILES string of the molecule is COc1cccc(COc2nc(N3CCN(C)C(=O)C3)ncc2Sc2ccc(C#N)cc2)c1. The molecule has 8 nitrogen and oxygen atoms in total. The molecule has 2 heterocycles. The smallest absolute Gasteiger partial charge is 0.242 e. The van der Waals surface area contributed by atoms with Gasteiger partial charge in [-0.1, -0.05) is 23.9 Å². The molecule has 1 amide bonds. The summed E-state index contributed by atoms with van der Waals surface area (Å²) in [7, 11) is 3.42. The van der Waals surface area contributed by atoms with E-state index in [4.69, 9.17) is 14.7 Å². The van der Waals surface area contributed by atoms with E-state index in [1.165, 1.54) is 11.8 Å². The molecule has 1 aliphatic rings. The maximum atomic E-state index is 12.2. The van der Waals surface area contributed by atoms with Gasteiger partial charge in [0.25, 0.3) is 0 Å². The van der Waals surface area contributed by atoms with Gasteiger partial charge in [-0.25, -0.2) is 4.98 Å². The molecule has 0 radical (unpaired) electrons. The lowest BCUT2D eigenvalue weighted by Gasteiger charge is -2.32. The van der Waals surface area contributed by atoms with Crippen molar-refractivity contribution in [2.24, 2.45) is 0 Å². The zero-order valence-electron chi connectivity index (χ0n) is 18.4. The highest BCUT2D eigenvalue weighted by molar-refractivity contribution is 7.99. The van der Waals surface area contributed by atoms with Crippen LogP contribution in [-0.4, -0.2) is 54.6 Å². The number of carbonyl (C=O) groups excluding carboxylic acids is 1. The summed E-state index contributed by atoms with van der Waals surface area (Å²) >= 11 is 1.45. The molecule has 1 aromatic heterocycles. The fourth-order valence-electron chi connectivity index (χ4n) is 3.24. The number of piperazine rings is 1. The second-order valence-corrected chi connectivity index (χ2v) is 8.57. The molecular weight excluding hydrogens is 438 g/mol. The van der Waals surface area contributed by atoms with Crippen LogP contribution < -0.4 is 14.4 Å². The summed E-state index contributed by atoms with van der Waals surface area (Å²) < 4.78 is 11.4. The maximum Gasteiger partial charge on any atom is 0.242 e. The van der Waals surface area contributed by atoms with Gasteiger partial charge in [-0.3, -0.25) is 4.79 Å². The lowest BCUT2D eigenvalue weighted by Crippen LogP contribution is -2.49. The number of hydrogen-bond donors (Lipinski definition) is 0. The number of methoxy groups -OCH3 is 1. The van der Waals surface area contributed by atoms with Crippen molar-refractivity contribution in [3.63, 3.8) is 0 Å². The largest absolute Gasteiger partial charge is 0.497 e. The van der Waals surface area contributed by atoms with Gasteiger partial charge in [0.15, 0.2) is 0 Å². The summed E-state index contributed by atoms with van der Waals surface area (Å²) in [6.45, 7) is 1.80. The molecule has 1 saturated heterocycles. The molecule has 3 aromatic rings. The van der Waals surface area contributed by atoms with Crippen LogP contribution >= 0.6 is 11.8 Å². The van der Waals surface area contributed by atoms with Gasteiger partial charge in [0.2, 0.25) is 17.7 Å². The molecule has 33 heavy (non-hydrogen) atoms. The van der Waals surface area contributed by atoms with Gasteiger partial charge in [-0.2, -0.15) is 10.2 Å². The van der Waals surface area contributed by atoms with E-state index < -0.39 is 0 Å². The van der Waals surface area contributed by atoms with Crippen LogP contribution in [0.3, 0.4) is 0 Å². The van der Waals surface area contributed by atoms with Crippen LogP contribution in [0.25, 0.3) is 0 Å². The van der Waals surface area contributed by atoms with Crippen LogP contribution in [0.5, 0.6) is 11.6 Å². The highest BCUT2D eigenvalue weighted by Crippen LogP contribution is 2.35. The van der Waals surface area contributed by atoms with Gasteiger partial charge >= 0.3 is 0 Å². The van der Waals surface area contributed by atoms with Crippen LogP contribution in [0.15, 0.2) is 64.5 Å². The number of amides is 1. The van der Waals surface area contributed by atoms with E-state index in [-0.39, 0.29) is 12.5 Å². The molecule has 0 spiro atoms. The minimum Gasteiger partial charge on any atom is -0.497 e. The second-order valence-electron chi connectivity index (χ2n) is 7.45. The first kappa shape index (κ1) is 22.4. The van der Waals surface area contributed by atoms with Crippen LogP contribution in [-0.2, 0) is 11.4 Å². The predicted octanol–water partition coefficient (Wildman–Crippen LogP) is 3.37. The van der Waals surface area contributed by atoms with Crippen LogP contribution in [0, 0.1) is 11.3 Å². The summed E-state index contributed by atoms with van der Waals surface area (Å²) in [6.07, 6.45) is 1.72. The monoisotopic (exact) mass is 461 g/mol. The van der Waals surface area contributed by atoms with Crippen molar-refractivity contribution in [1.29, 1.82) is 5.26 Å². The third kappa shape index (κ3) is 5.54. The van der Waals surface area contributed by atoms with Crippen LogP contribution in [0.2, 0.25) is 0 Å². The van der Waals surface area contributed by atoms with Crippen molar-refractivity contribution >= 4 is 23.6 Å². The number of carbonyl (C=O) groups is 1. The summed E-state index contributed by atoms with van der Waals surface area (Å²) in [5.74, 6) is 1.67. The standard InChI is InChI=1S/C24H23N5O3S/c1-28-10-11-29(15-22(28)30)24-26-14-21(33-20-8-6-17(13-25)7-9-20)23(27-24)32-16-18-4-3-5-19(12-18)31-2/h3-9,12,14H,10-11,15-16H2,1-2H3. The molecule has 0 N–H and O–H groups in total. The molecule has 168 valence electrons. The molecule has 0 saturated carbocycles. The zero-order valence-corrected chi connectivity index (χ0v) is 19.2. The number of nitriles is 1. The molecule has 2 aromatic carbocycles. The Morgan fingerprint density at radius 1 is 1.18 bits per heavy atom. The first-order valence-corrected chi connectivity index (χ1v) is 11.2. The number of nitrogens with zero attached hydrogens (tertiary/aromatic N) is 5. The first-order chi connectivity index (χ1) is 16.1. The average Bonchev–Trinajstić information content (AvgIpc) is 2.85. The Hall–Kier alpha value is -3.77. The minimum atomic E-state index is 0.0275. The average molecular weight is 462 g/mol. The van der Waals surface area contributed by atoms with Gasteiger partial charge in [0.05, 0.1) is 36.4 Å². The minimum absolute atomic E-state index is 0.0275. The number of aromatic nitrogens is 2. The Balaban J connectivity index is 1.59. The molecule has 4 rings (SSSR count). The maximum absolute atomic E-state index is 12.2. The zero-order chi connectivity index (χ0) is 23.2. The van der Waals surface area contributed by atoms with Crippen molar-refractivity contribution in [3.8, 4) is 17.7 Å². The summed E-state index contributed by atoms with van der Waals surface area (Å²) in [5, 5.41) is 9.03. The van der Waals surface area contributed by atoms with Crippen molar-refractivity contribution in [2.75, 3.05) is 38.7 Å². The Kier molecular flexibility index (Phi) is 6.95. The van der Waals surface area contributed by atoms with Crippen molar-refractivity contribution in [2.45, 2.75) is 16.4 Å². The van der Waals surface area contributed by atoms with E-state index in [1.807, 2.05) is 41.3 Å². The highest BCUT2D eigenvalue weighted by atomic mass is 32.2. The molecule has 9 heteroatoms. The third-order valence-electron chi connectivity index (χ3n) is 5.17. The van der Waals surface area contributed by atoms with Gasteiger partial charge < -0.3 is 19.3 Å². The molecule has 0 unspecified atom stereocenters. The van der Waals surface area contributed by atoms with E-state index in [9.17, 15) is 4.79 Å². The molecule has 0 bridgehead atoms. The van der Waals surface area contributed by atoms with Crippen LogP contribution in [0.1, 0.15) is 11.1 Å². The molecule has 0 atom stereocenters. The number of likely N-dealkylation sites (N-methyl/N-ethyl adjacent to an activating group) is 1. The van der Waals surface area contributed by atoms with Crippen molar-refractivity contribution < 1.29 is 14.3 Å². The highest BCUT2D eigenvalue weighted by Gasteiger charge is 2.24. The second kappa shape index (κ2) is 10.2. The van der Waals surface area contributed by atoms with Gasteiger partial charge in [-0.15, -0.1) is 0 Å². The van der Waals surface area contributed by atoms with Crippen molar-refractivity contribution in [1.82, 2.24) is 14.9 Å². The Bertz CT molecular complexity index is 1180. The predicted molar refractivity (Wildman–Crippen MR) is 124 cm³/mol. The third-order valence-corrected chi connectivity index (χ3v) is 6.18. The lowest BCUT2D eigenvalue weighted by molar-refractivity contribution is -0.129. The molecule has 0 aliphatic carbocycles. The van der Waals surface area contributed by atoms with E-state index in [2.05, 4.69) is 16.0 Å². The Morgan fingerprint density at radius 2 is 2.00 bits per heavy atom. The van der Waals surface area contributed by atoms with E-state index in [1.54, 1.807) is 37.4 Å². The molecule has 1 fully saturated rings. The van der Waals surface area contributed by atoms with Gasteiger partial charge in [0.1, 0.15) is 12.4 Å². The first-order valence-electron chi connectivity index (χ1n) is 10.4. The fraction of sp³-hybridized carbons (Fsp3) is 0.250. The van der Waals surface area contributed by atoms with Gasteiger partial charge in [0, 0.05) is 25.0 Å². The quantitative estimate of drug-likeness (QED) is 0.529. The van der Waals surface area contributed by atoms with Crippen LogP contribution in [0.4, 0.5) is 5.95 Å². The summed E-state index contributed by atoms with van der Waals surface area (Å²) in [4.78, 5) is 26.6. The Morgan fingerprint density at radius 3 is 2.73 bits per heavy atom. The van der Waals surface area contributed by atoms with E-state index in [0.29, 0.717) is 37.1 Å². The molecule has 1 aliphatic heterocycles. The summed E-state index contributed by atoms with van der Waals surface area (Å²) in [6, 6.07) is 17.1. The number of ether oxygens (including phenoxy) is 2. The number of rotatable bonds is 7. The number of anilines is 1. The number of benzene rings is 2. The van der Waals surface area contributed by atoms with Crippen molar-refractivity contribution in [3.05, 3.63) is 65.9 Å². The fourth-order valence-corrected chi connectivity index (χ4v) is 4.06. The topological polar surface area (TPSA) is 91.6 Å². The lowest BCUT2D eigenvalue weighted by atomic mass is 10.2. The number of hydrogen-bond acceptors (Lipinski definition) is 8. The normalized spacial score (nSPS) is 13.5. The van der Waals surface area contributed by atoms with E-state index >= 15 is 0 Å².